The van der Waals surface area contributed by atoms with Crippen molar-refractivity contribution in [2.24, 2.45) is 0 Å². The third-order valence-electron chi connectivity index (χ3n) is 4.15. The third-order valence-corrected chi connectivity index (χ3v) is 5.85. The molecule has 0 radical (unpaired) electrons. The van der Waals surface area contributed by atoms with E-state index < -0.39 is 21.8 Å². The molecule has 1 unspecified atom stereocenters. The van der Waals surface area contributed by atoms with Crippen LogP contribution in [0.5, 0.6) is 0 Å². The van der Waals surface area contributed by atoms with E-state index in [1.165, 1.54) is 11.1 Å². The highest BCUT2D eigenvalue weighted by atomic mass is 32.2. The molecule has 1 N–H and O–H groups in total. The number of benzene rings is 1. The van der Waals surface area contributed by atoms with Gasteiger partial charge in [0.25, 0.3) is 0 Å². The molecule has 6 heteroatoms. The van der Waals surface area contributed by atoms with Crippen molar-refractivity contribution in [3.8, 4) is 0 Å². The van der Waals surface area contributed by atoms with Gasteiger partial charge in [-0.15, -0.1) is 0 Å². The number of sulfone groups is 1. The molecule has 116 valence electrons. The molecule has 2 rings (SSSR count). The van der Waals surface area contributed by atoms with Crippen molar-refractivity contribution in [3.63, 3.8) is 0 Å². The number of hydrogen-bond donors (Lipinski definition) is 1. The zero-order valence-corrected chi connectivity index (χ0v) is 13.2. The summed E-state index contributed by atoms with van der Waals surface area (Å²) < 4.78 is 23.5. The molecule has 5 nitrogen and oxygen atoms in total. The van der Waals surface area contributed by atoms with Crippen molar-refractivity contribution in [2.75, 3.05) is 18.1 Å². The number of hydrogen-bond acceptors (Lipinski definition) is 4. The quantitative estimate of drug-likeness (QED) is 0.909. The van der Waals surface area contributed by atoms with Crippen LogP contribution in [0, 0.1) is 13.8 Å². The zero-order valence-electron chi connectivity index (χ0n) is 12.4. The molecule has 0 saturated carbocycles. The van der Waals surface area contributed by atoms with Crippen molar-refractivity contribution in [1.29, 1.82) is 0 Å². The molecule has 0 aliphatic carbocycles. The summed E-state index contributed by atoms with van der Waals surface area (Å²) in [6.07, 6.45) is -0.135. The first-order valence-corrected chi connectivity index (χ1v) is 8.82. The second-order valence-electron chi connectivity index (χ2n) is 5.70. The normalized spacial score (nSPS) is 22.1. The molecule has 1 aromatic carbocycles. The van der Waals surface area contributed by atoms with E-state index in [1.807, 2.05) is 36.9 Å². The van der Waals surface area contributed by atoms with Crippen LogP contribution in [0.25, 0.3) is 0 Å². The standard InChI is InChI=1S/C15H21NO4S/c1-11-4-3-5-13(12(11)2)9-16-6-7-21(19,20)10-14(16)8-15(17)18/h3-5,14H,6-10H2,1-2H3,(H,17,18). The number of aliphatic carboxylic acids is 1. The highest BCUT2D eigenvalue weighted by molar-refractivity contribution is 7.91. The molecule has 0 amide bonds. The van der Waals surface area contributed by atoms with Crippen LogP contribution in [0.2, 0.25) is 0 Å². The van der Waals surface area contributed by atoms with Crippen LogP contribution < -0.4 is 0 Å². The fraction of sp³-hybridized carbons (Fsp3) is 0.533. The monoisotopic (exact) mass is 311 g/mol. The molecule has 1 aliphatic rings. The predicted molar refractivity (Wildman–Crippen MR) is 81.0 cm³/mol. The molecule has 0 bridgehead atoms. The van der Waals surface area contributed by atoms with Crippen molar-refractivity contribution in [2.45, 2.75) is 32.9 Å². The van der Waals surface area contributed by atoms with Gasteiger partial charge in [0.1, 0.15) is 0 Å². The smallest absolute Gasteiger partial charge is 0.304 e. The van der Waals surface area contributed by atoms with Gasteiger partial charge in [0.05, 0.1) is 17.9 Å². The van der Waals surface area contributed by atoms with E-state index in [1.54, 1.807) is 0 Å². The fourth-order valence-electron chi connectivity index (χ4n) is 2.72. The highest BCUT2D eigenvalue weighted by Gasteiger charge is 2.32. The molecule has 0 spiro atoms. The molecular formula is C15H21NO4S. The van der Waals surface area contributed by atoms with Crippen molar-refractivity contribution < 1.29 is 18.3 Å². The summed E-state index contributed by atoms with van der Waals surface area (Å²) in [6, 6.07) is 5.59. The van der Waals surface area contributed by atoms with E-state index >= 15 is 0 Å². The maximum atomic E-state index is 11.7. The minimum absolute atomic E-state index is 0.0653. The number of nitrogens with zero attached hydrogens (tertiary/aromatic N) is 1. The minimum atomic E-state index is -3.13. The highest BCUT2D eigenvalue weighted by Crippen LogP contribution is 2.21. The van der Waals surface area contributed by atoms with E-state index in [2.05, 4.69) is 0 Å². The van der Waals surface area contributed by atoms with Crippen LogP contribution in [0.15, 0.2) is 18.2 Å². The predicted octanol–water partition coefficient (Wildman–Crippen LogP) is 1.38. The average molecular weight is 311 g/mol. The van der Waals surface area contributed by atoms with E-state index in [4.69, 9.17) is 5.11 Å². The largest absolute Gasteiger partial charge is 0.481 e. The Morgan fingerprint density at radius 1 is 1.38 bits per heavy atom. The van der Waals surface area contributed by atoms with Crippen molar-refractivity contribution in [1.82, 2.24) is 4.90 Å². The lowest BCUT2D eigenvalue weighted by Crippen LogP contribution is -2.48. The molecule has 1 heterocycles. The SMILES string of the molecule is Cc1cccc(CN2CCS(=O)(=O)CC2CC(=O)O)c1C. The summed E-state index contributed by atoms with van der Waals surface area (Å²) >= 11 is 0. The third kappa shape index (κ3) is 4.04. The Kier molecular flexibility index (Phi) is 4.68. The first-order chi connectivity index (χ1) is 9.78. The second-order valence-corrected chi connectivity index (χ2v) is 7.92. The summed E-state index contributed by atoms with van der Waals surface area (Å²) in [4.78, 5) is 13.0. The number of carboxylic acids is 1. The maximum absolute atomic E-state index is 11.7. The lowest BCUT2D eigenvalue weighted by molar-refractivity contribution is -0.138. The summed E-state index contributed by atoms with van der Waals surface area (Å²) in [5.74, 6) is -0.916. The lowest BCUT2D eigenvalue weighted by Gasteiger charge is -2.35. The first kappa shape index (κ1) is 16.0. The van der Waals surface area contributed by atoms with Crippen molar-refractivity contribution in [3.05, 3.63) is 34.9 Å². The minimum Gasteiger partial charge on any atom is -0.481 e. The molecule has 1 atom stereocenters. The van der Waals surface area contributed by atoms with Crippen LogP contribution in [-0.4, -0.2) is 48.5 Å². The number of carboxylic acid groups (broad SMARTS) is 1. The average Bonchev–Trinajstić information content (AvgIpc) is 2.36. The van der Waals surface area contributed by atoms with Gasteiger partial charge < -0.3 is 5.11 Å². The van der Waals surface area contributed by atoms with Gasteiger partial charge in [-0.25, -0.2) is 8.42 Å². The van der Waals surface area contributed by atoms with Crippen LogP contribution in [0.3, 0.4) is 0 Å². The van der Waals surface area contributed by atoms with E-state index in [0.29, 0.717) is 13.1 Å². The van der Waals surface area contributed by atoms with E-state index in [9.17, 15) is 13.2 Å². The van der Waals surface area contributed by atoms with Gasteiger partial charge in [0, 0.05) is 19.1 Å². The summed E-state index contributed by atoms with van der Waals surface area (Å²) in [5, 5.41) is 9.00. The second kappa shape index (κ2) is 6.15. The summed E-state index contributed by atoms with van der Waals surface area (Å²) in [5.41, 5.74) is 3.50. The van der Waals surface area contributed by atoms with Gasteiger partial charge in [0.15, 0.2) is 9.84 Å². The molecule has 1 fully saturated rings. The maximum Gasteiger partial charge on any atom is 0.304 e. The number of rotatable bonds is 4. The van der Waals surface area contributed by atoms with Crippen molar-refractivity contribution >= 4 is 15.8 Å². The van der Waals surface area contributed by atoms with E-state index in [-0.39, 0.29) is 17.9 Å². The first-order valence-electron chi connectivity index (χ1n) is 7.00. The van der Waals surface area contributed by atoms with Crippen LogP contribution in [0.4, 0.5) is 0 Å². The Morgan fingerprint density at radius 3 is 2.76 bits per heavy atom. The molecule has 1 aromatic rings. The Bertz CT molecular complexity index is 639. The number of aryl methyl sites for hydroxylation is 1. The zero-order chi connectivity index (χ0) is 15.6. The van der Waals surface area contributed by atoms with Crippen LogP contribution in [-0.2, 0) is 21.2 Å². The van der Waals surface area contributed by atoms with Gasteiger partial charge in [-0.3, -0.25) is 9.69 Å². The number of carbonyl (C=O) groups is 1. The molecule has 1 aliphatic heterocycles. The summed E-state index contributed by atoms with van der Waals surface area (Å²) in [6.45, 7) is 5.07. The molecule has 0 aromatic heterocycles. The molecule has 21 heavy (non-hydrogen) atoms. The fourth-order valence-corrected chi connectivity index (χ4v) is 4.31. The summed E-state index contributed by atoms with van der Waals surface area (Å²) in [7, 11) is -3.13. The van der Waals surface area contributed by atoms with Gasteiger partial charge >= 0.3 is 5.97 Å². The Hall–Kier alpha value is -1.40. The van der Waals surface area contributed by atoms with Gasteiger partial charge in [-0.1, -0.05) is 18.2 Å². The van der Waals surface area contributed by atoms with Gasteiger partial charge in [-0.2, -0.15) is 0 Å². The topological polar surface area (TPSA) is 74.7 Å². The lowest BCUT2D eigenvalue weighted by atomic mass is 10.0. The van der Waals surface area contributed by atoms with Gasteiger partial charge in [0.2, 0.25) is 0 Å². The Balaban J connectivity index is 2.20. The molecule has 1 saturated heterocycles. The Morgan fingerprint density at radius 2 is 2.10 bits per heavy atom. The van der Waals surface area contributed by atoms with E-state index in [0.717, 1.165) is 5.56 Å². The van der Waals surface area contributed by atoms with Gasteiger partial charge in [-0.05, 0) is 30.5 Å². The Labute approximate surface area is 125 Å². The van der Waals surface area contributed by atoms with Crippen LogP contribution in [0.1, 0.15) is 23.1 Å². The molecular weight excluding hydrogens is 290 g/mol. The van der Waals surface area contributed by atoms with Crippen LogP contribution >= 0.6 is 0 Å².